The Morgan fingerprint density at radius 2 is 1.88 bits per heavy atom. The Balaban J connectivity index is 3.60. The first-order valence-electron chi connectivity index (χ1n) is 6.11. The van der Waals surface area contributed by atoms with Crippen LogP contribution in [0.15, 0.2) is 0 Å². The topological polar surface area (TPSA) is 66.8 Å². The average Bonchev–Trinajstić information content (AvgIpc) is 2.17. The summed E-state index contributed by atoms with van der Waals surface area (Å²) in [6.07, 6.45) is 2.76. The number of carbonyl (C=O) groups excluding carboxylic acids is 1. The molecule has 0 aliphatic heterocycles. The molecule has 0 aliphatic carbocycles. The van der Waals surface area contributed by atoms with Crippen molar-refractivity contribution in [1.29, 1.82) is 0 Å². The molecule has 0 saturated heterocycles. The molecule has 0 amide bonds. The SMILES string of the molecule is CCCCC[C@@H](O)C[C@@H](O)CC(=O)OCC. The summed E-state index contributed by atoms with van der Waals surface area (Å²) in [6, 6.07) is 0. The van der Waals surface area contributed by atoms with E-state index in [1.54, 1.807) is 6.92 Å². The van der Waals surface area contributed by atoms with Crippen LogP contribution < -0.4 is 0 Å². The van der Waals surface area contributed by atoms with Gasteiger partial charge in [0.15, 0.2) is 0 Å². The molecule has 0 heterocycles. The fourth-order valence-corrected chi connectivity index (χ4v) is 1.56. The largest absolute Gasteiger partial charge is 0.466 e. The van der Waals surface area contributed by atoms with E-state index < -0.39 is 18.2 Å². The highest BCUT2D eigenvalue weighted by molar-refractivity contribution is 5.69. The lowest BCUT2D eigenvalue weighted by atomic mass is 10.0. The number of aliphatic hydroxyl groups excluding tert-OH is 2. The second-order valence-corrected chi connectivity index (χ2v) is 4.05. The molecule has 0 fully saturated rings. The Morgan fingerprint density at radius 1 is 1.19 bits per heavy atom. The zero-order valence-corrected chi connectivity index (χ0v) is 10.3. The minimum atomic E-state index is -0.796. The van der Waals surface area contributed by atoms with Crippen LogP contribution in [0.2, 0.25) is 0 Å². The fraction of sp³-hybridized carbons (Fsp3) is 0.917. The molecular formula is C12H24O4. The number of hydrogen-bond donors (Lipinski definition) is 2. The number of ether oxygens (including phenoxy) is 1. The van der Waals surface area contributed by atoms with E-state index in [-0.39, 0.29) is 12.8 Å². The summed E-state index contributed by atoms with van der Waals surface area (Å²) in [4.78, 5) is 11.0. The van der Waals surface area contributed by atoms with Crippen molar-refractivity contribution in [2.75, 3.05) is 6.61 Å². The molecule has 16 heavy (non-hydrogen) atoms. The fourth-order valence-electron chi connectivity index (χ4n) is 1.56. The molecule has 0 aromatic carbocycles. The minimum Gasteiger partial charge on any atom is -0.466 e. The molecule has 0 saturated carbocycles. The maximum atomic E-state index is 11.0. The lowest BCUT2D eigenvalue weighted by Crippen LogP contribution is -2.21. The van der Waals surface area contributed by atoms with Gasteiger partial charge in [0.1, 0.15) is 0 Å². The van der Waals surface area contributed by atoms with Gasteiger partial charge in [-0.05, 0) is 19.8 Å². The zero-order chi connectivity index (χ0) is 12.4. The monoisotopic (exact) mass is 232 g/mol. The lowest BCUT2D eigenvalue weighted by Gasteiger charge is -2.14. The van der Waals surface area contributed by atoms with Crippen LogP contribution in [-0.2, 0) is 9.53 Å². The van der Waals surface area contributed by atoms with Gasteiger partial charge in [-0.15, -0.1) is 0 Å². The van der Waals surface area contributed by atoms with Gasteiger partial charge in [0.2, 0.25) is 0 Å². The molecule has 0 radical (unpaired) electrons. The Labute approximate surface area is 97.6 Å². The van der Waals surface area contributed by atoms with Crippen LogP contribution in [0, 0.1) is 0 Å². The van der Waals surface area contributed by atoms with Crippen LogP contribution in [0.1, 0.15) is 52.4 Å². The molecule has 96 valence electrons. The van der Waals surface area contributed by atoms with E-state index in [0.717, 1.165) is 19.3 Å². The number of aliphatic hydroxyl groups is 2. The summed E-state index contributed by atoms with van der Waals surface area (Å²) in [5.74, 6) is -0.407. The van der Waals surface area contributed by atoms with E-state index >= 15 is 0 Å². The van der Waals surface area contributed by atoms with E-state index in [4.69, 9.17) is 4.74 Å². The summed E-state index contributed by atoms with van der Waals surface area (Å²) in [5, 5.41) is 19.1. The quantitative estimate of drug-likeness (QED) is 0.468. The van der Waals surface area contributed by atoms with Crippen LogP contribution in [0.4, 0.5) is 0 Å². The first-order chi connectivity index (χ1) is 7.60. The van der Waals surface area contributed by atoms with Crippen LogP contribution in [0.25, 0.3) is 0 Å². The first kappa shape index (κ1) is 15.4. The van der Waals surface area contributed by atoms with Gasteiger partial charge < -0.3 is 14.9 Å². The Bertz CT molecular complexity index is 182. The standard InChI is InChI=1S/C12H24O4/c1-3-5-6-7-10(13)8-11(14)9-12(15)16-4-2/h10-11,13-14H,3-9H2,1-2H3/t10-,11-/m1/s1. The number of hydrogen-bond acceptors (Lipinski definition) is 4. The molecule has 0 unspecified atom stereocenters. The van der Waals surface area contributed by atoms with E-state index in [0.29, 0.717) is 13.0 Å². The van der Waals surface area contributed by atoms with Gasteiger partial charge in [0, 0.05) is 0 Å². The van der Waals surface area contributed by atoms with Crippen molar-refractivity contribution in [3.05, 3.63) is 0 Å². The smallest absolute Gasteiger partial charge is 0.308 e. The molecule has 0 aromatic heterocycles. The molecular weight excluding hydrogens is 208 g/mol. The highest BCUT2D eigenvalue weighted by Crippen LogP contribution is 2.10. The van der Waals surface area contributed by atoms with Crippen molar-refractivity contribution in [3.8, 4) is 0 Å². The van der Waals surface area contributed by atoms with E-state index in [1.807, 2.05) is 0 Å². The van der Waals surface area contributed by atoms with Crippen LogP contribution in [-0.4, -0.2) is 35.0 Å². The molecule has 0 spiro atoms. The van der Waals surface area contributed by atoms with Crippen molar-refractivity contribution in [2.45, 2.75) is 64.6 Å². The molecule has 0 bridgehead atoms. The molecule has 2 N–H and O–H groups in total. The van der Waals surface area contributed by atoms with Gasteiger partial charge >= 0.3 is 5.97 Å². The maximum absolute atomic E-state index is 11.0. The summed E-state index contributed by atoms with van der Waals surface area (Å²) in [6.45, 7) is 4.15. The van der Waals surface area contributed by atoms with Gasteiger partial charge in [0.05, 0.1) is 25.2 Å². The third-order valence-corrected chi connectivity index (χ3v) is 2.39. The highest BCUT2D eigenvalue weighted by Gasteiger charge is 2.15. The van der Waals surface area contributed by atoms with Crippen LogP contribution in [0.3, 0.4) is 0 Å². The van der Waals surface area contributed by atoms with Crippen molar-refractivity contribution < 1.29 is 19.7 Å². The second kappa shape index (κ2) is 9.60. The minimum absolute atomic E-state index is 0.0291. The van der Waals surface area contributed by atoms with Crippen molar-refractivity contribution in [1.82, 2.24) is 0 Å². The molecule has 0 rings (SSSR count). The lowest BCUT2D eigenvalue weighted by molar-refractivity contribution is -0.145. The predicted molar refractivity (Wildman–Crippen MR) is 62.0 cm³/mol. The zero-order valence-electron chi connectivity index (χ0n) is 10.3. The van der Waals surface area contributed by atoms with E-state index in [1.165, 1.54) is 0 Å². The Morgan fingerprint density at radius 3 is 2.44 bits per heavy atom. The molecule has 2 atom stereocenters. The molecule has 0 aromatic rings. The van der Waals surface area contributed by atoms with Gasteiger partial charge in [-0.1, -0.05) is 26.2 Å². The molecule has 4 nitrogen and oxygen atoms in total. The van der Waals surface area contributed by atoms with Crippen molar-refractivity contribution >= 4 is 5.97 Å². The molecule has 0 aliphatic rings. The van der Waals surface area contributed by atoms with Gasteiger partial charge in [0.25, 0.3) is 0 Å². The first-order valence-corrected chi connectivity index (χ1v) is 6.11. The average molecular weight is 232 g/mol. The maximum Gasteiger partial charge on any atom is 0.308 e. The highest BCUT2D eigenvalue weighted by atomic mass is 16.5. The normalized spacial score (nSPS) is 14.5. The summed E-state index contributed by atoms with van der Waals surface area (Å²) < 4.78 is 4.71. The number of rotatable bonds is 9. The Kier molecular flexibility index (Phi) is 9.24. The summed E-state index contributed by atoms with van der Waals surface area (Å²) in [5.41, 5.74) is 0. The van der Waals surface area contributed by atoms with Crippen LogP contribution in [0.5, 0.6) is 0 Å². The Hall–Kier alpha value is -0.610. The molecule has 4 heteroatoms. The van der Waals surface area contributed by atoms with Crippen molar-refractivity contribution in [3.63, 3.8) is 0 Å². The third kappa shape index (κ3) is 8.68. The summed E-state index contributed by atoms with van der Waals surface area (Å²) >= 11 is 0. The number of esters is 1. The van der Waals surface area contributed by atoms with E-state index in [2.05, 4.69) is 6.92 Å². The van der Waals surface area contributed by atoms with Crippen LogP contribution >= 0.6 is 0 Å². The summed E-state index contributed by atoms with van der Waals surface area (Å²) in [7, 11) is 0. The van der Waals surface area contributed by atoms with E-state index in [9.17, 15) is 15.0 Å². The second-order valence-electron chi connectivity index (χ2n) is 4.05. The van der Waals surface area contributed by atoms with Gasteiger partial charge in [-0.3, -0.25) is 4.79 Å². The van der Waals surface area contributed by atoms with Crippen molar-refractivity contribution in [2.24, 2.45) is 0 Å². The predicted octanol–water partition coefficient (Wildman–Crippen LogP) is 1.63. The number of unbranched alkanes of at least 4 members (excludes halogenated alkanes) is 2. The van der Waals surface area contributed by atoms with Gasteiger partial charge in [-0.2, -0.15) is 0 Å². The number of carbonyl (C=O) groups is 1. The van der Waals surface area contributed by atoms with Gasteiger partial charge in [-0.25, -0.2) is 0 Å². The third-order valence-electron chi connectivity index (χ3n) is 2.39.